The quantitative estimate of drug-likeness (QED) is 0.575. The molecule has 0 amide bonds. The lowest BCUT2D eigenvalue weighted by Crippen LogP contribution is -2.23. The molecule has 15 heavy (non-hydrogen) atoms. The van der Waals surface area contributed by atoms with E-state index in [1.54, 1.807) is 0 Å². The third kappa shape index (κ3) is 4.81. The van der Waals surface area contributed by atoms with Gasteiger partial charge in [0.15, 0.2) is 6.29 Å². The highest BCUT2D eigenvalue weighted by atomic mass is 79.9. The van der Waals surface area contributed by atoms with Gasteiger partial charge < -0.3 is 14.6 Å². The molecule has 1 aliphatic rings. The largest absolute Gasteiger partial charge is 0.394 e. The fourth-order valence-electron chi connectivity index (χ4n) is 1.66. The van der Waals surface area contributed by atoms with Crippen molar-refractivity contribution in [3.05, 3.63) is 0 Å². The lowest BCUT2D eigenvalue weighted by molar-refractivity contribution is -0.0646. The van der Waals surface area contributed by atoms with Crippen molar-refractivity contribution < 1.29 is 14.6 Å². The molecule has 0 saturated carbocycles. The summed E-state index contributed by atoms with van der Waals surface area (Å²) in [5.41, 5.74) is 0. The maximum Gasteiger partial charge on any atom is 0.170 e. The van der Waals surface area contributed by atoms with Crippen LogP contribution in [0.1, 0.15) is 39.0 Å². The molecule has 1 heterocycles. The van der Waals surface area contributed by atoms with Crippen LogP contribution < -0.4 is 0 Å². The summed E-state index contributed by atoms with van der Waals surface area (Å²) in [6, 6.07) is 0. The number of rotatable bonds is 7. The molecular formula is C11H21BrO3. The number of ether oxygens (including phenoxy) is 2. The highest BCUT2D eigenvalue weighted by Crippen LogP contribution is 2.23. The Kier molecular flexibility index (Phi) is 6.81. The molecule has 3 nitrogen and oxygen atoms in total. The van der Waals surface area contributed by atoms with Gasteiger partial charge >= 0.3 is 0 Å². The van der Waals surface area contributed by atoms with E-state index >= 15 is 0 Å². The van der Waals surface area contributed by atoms with Gasteiger partial charge in [0, 0.05) is 0 Å². The third-order valence-corrected chi connectivity index (χ3v) is 3.49. The van der Waals surface area contributed by atoms with Crippen LogP contribution in [0.2, 0.25) is 0 Å². The first-order valence-electron chi connectivity index (χ1n) is 5.80. The number of hydrogen-bond acceptors (Lipinski definition) is 3. The molecule has 0 bridgehead atoms. The van der Waals surface area contributed by atoms with E-state index in [9.17, 15) is 0 Å². The average molecular weight is 281 g/mol. The minimum absolute atomic E-state index is 0.0477. The fraction of sp³-hybridized carbons (Fsp3) is 1.00. The van der Waals surface area contributed by atoms with Crippen LogP contribution in [0.5, 0.6) is 0 Å². The summed E-state index contributed by atoms with van der Waals surface area (Å²) in [7, 11) is 0. The van der Waals surface area contributed by atoms with Gasteiger partial charge in [-0.05, 0) is 6.42 Å². The molecule has 1 aliphatic heterocycles. The van der Waals surface area contributed by atoms with Crippen molar-refractivity contribution in [2.75, 3.05) is 13.2 Å². The maximum absolute atomic E-state index is 8.89. The summed E-state index contributed by atoms with van der Waals surface area (Å²) < 4.78 is 11.0. The molecule has 3 unspecified atom stereocenters. The van der Waals surface area contributed by atoms with E-state index < -0.39 is 0 Å². The summed E-state index contributed by atoms with van der Waals surface area (Å²) in [5.74, 6) is 0. The van der Waals surface area contributed by atoms with Gasteiger partial charge in [-0.2, -0.15) is 0 Å². The summed E-state index contributed by atoms with van der Waals surface area (Å²) in [6.45, 7) is 2.77. The first-order valence-corrected chi connectivity index (χ1v) is 6.71. The van der Waals surface area contributed by atoms with Crippen LogP contribution in [0.15, 0.2) is 0 Å². The van der Waals surface area contributed by atoms with Crippen LogP contribution >= 0.6 is 15.9 Å². The van der Waals surface area contributed by atoms with Gasteiger partial charge in [-0.1, -0.05) is 48.5 Å². The predicted octanol–water partition coefficient (Wildman–Crippen LogP) is 2.45. The Labute approximate surface area is 100 Å². The Morgan fingerprint density at radius 1 is 1.40 bits per heavy atom. The lowest BCUT2D eigenvalue weighted by Gasteiger charge is -2.16. The van der Waals surface area contributed by atoms with Crippen molar-refractivity contribution in [2.45, 2.75) is 56.2 Å². The van der Waals surface area contributed by atoms with E-state index in [1.165, 1.54) is 25.7 Å². The zero-order valence-electron chi connectivity index (χ0n) is 9.32. The molecule has 0 aromatic rings. The van der Waals surface area contributed by atoms with Crippen LogP contribution in [-0.4, -0.2) is 35.5 Å². The number of aliphatic hydroxyl groups is 1. The van der Waals surface area contributed by atoms with Crippen molar-refractivity contribution in [2.24, 2.45) is 0 Å². The van der Waals surface area contributed by atoms with Gasteiger partial charge in [0.05, 0.1) is 18.0 Å². The van der Waals surface area contributed by atoms with Crippen LogP contribution in [0.25, 0.3) is 0 Å². The summed E-state index contributed by atoms with van der Waals surface area (Å²) in [6.07, 6.45) is 5.80. The minimum Gasteiger partial charge on any atom is -0.394 e. The van der Waals surface area contributed by atoms with Crippen LogP contribution in [-0.2, 0) is 9.47 Å². The topological polar surface area (TPSA) is 38.7 Å². The van der Waals surface area contributed by atoms with Gasteiger partial charge in [0.2, 0.25) is 0 Å². The summed E-state index contributed by atoms with van der Waals surface area (Å²) >= 11 is 3.58. The monoisotopic (exact) mass is 280 g/mol. The van der Waals surface area contributed by atoms with Crippen LogP contribution in [0, 0.1) is 0 Å². The van der Waals surface area contributed by atoms with Crippen molar-refractivity contribution in [3.63, 3.8) is 0 Å². The predicted molar refractivity (Wildman–Crippen MR) is 63.2 cm³/mol. The first-order chi connectivity index (χ1) is 7.27. The molecule has 1 saturated heterocycles. The number of alkyl halides is 1. The molecule has 90 valence electrons. The van der Waals surface area contributed by atoms with E-state index in [1.807, 2.05) is 0 Å². The highest BCUT2D eigenvalue weighted by molar-refractivity contribution is 9.09. The number of unbranched alkanes of at least 4 members (excludes halogenated alkanes) is 3. The second-order valence-corrected chi connectivity index (χ2v) is 5.18. The van der Waals surface area contributed by atoms with E-state index in [0.29, 0.717) is 6.61 Å². The Balaban J connectivity index is 2.09. The summed E-state index contributed by atoms with van der Waals surface area (Å²) in [5, 5.41) is 8.89. The number of aliphatic hydroxyl groups excluding tert-OH is 1. The molecule has 0 aromatic heterocycles. The van der Waals surface area contributed by atoms with Crippen LogP contribution in [0.3, 0.4) is 0 Å². The Morgan fingerprint density at radius 3 is 2.80 bits per heavy atom. The van der Waals surface area contributed by atoms with E-state index in [-0.39, 0.29) is 23.8 Å². The van der Waals surface area contributed by atoms with Gasteiger partial charge in [0.25, 0.3) is 0 Å². The molecule has 1 N–H and O–H groups in total. The molecule has 0 aromatic carbocycles. The SMILES string of the molecule is CCCCCCC(Br)C1OCC(CO)O1. The van der Waals surface area contributed by atoms with Gasteiger partial charge in [-0.3, -0.25) is 0 Å². The maximum atomic E-state index is 8.89. The highest BCUT2D eigenvalue weighted by Gasteiger charge is 2.30. The number of halogens is 1. The third-order valence-electron chi connectivity index (χ3n) is 2.61. The second-order valence-electron chi connectivity index (χ2n) is 4.01. The second kappa shape index (κ2) is 7.60. The van der Waals surface area contributed by atoms with E-state index in [0.717, 1.165) is 6.42 Å². The van der Waals surface area contributed by atoms with Crippen molar-refractivity contribution in [3.8, 4) is 0 Å². The molecule has 1 rings (SSSR count). The van der Waals surface area contributed by atoms with Crippen LogP contribution in [0.4, 0.5) is 0 Å². The normalized spacial score (nSPS) is 28.2. The smallest absolute Gasteiger partial charge is 0.170 e. The molecule has 0 spiro atoms. The average Bonchev–Trinajstić information content (AvgIpc) is 2.72. The van der Waals surface area contributed by atoms with E-state index in [2.05, 4.69) is 22.9 Å². The molecule has 1 fully saturated rings. The van der Waals surface area contributed by atoms with Gasteiger partial charge in [-0.25, -0.2) is 0 Å². The zero-order chi connectivity index (χ0) is 11.1. The zero-order valence-corrected chi connectivity index (χ0v) is 10.9. The lowest BCUT2D eigenvalue weighted by atomic mass is 10.1. The van der Waals surface area contributed by atoms with Crippen molar-refractivity contribution in [1.29, 1.82) is 0 Å². The standard InChI is InChI=1S/C11H21BrO3/c1-2-3-4-5-6-10(12)11-14-8-9(7-13)15-11/h9-11,13H,2-8H2,1H3. The molecule has 4 heteroatoms. The molecule has 0 radical (unpaired) electrons. The molecular weight excluding hydrogens is 260 g/mol. The first kappa shape index (κ1) is 13.4. The van der Waals surface area contributed by atoms with Gasteiger partial charge in [-0.15, -0.1) is 0 Å². The van der Waals surface area contributed by atoms with Crippen molar-refractivity contribution in [1.82, 2.24) is 0 Å². The molecule has 0 aliphatic carbocycles. The Hall–Kier alpha value is 0.360. The Morgan fingerprint density at radius 2 is 2.20 bits per heavy atom. The number of hydrogen-bond donors (Lipinski definition) is 1. The summed E-state index contributed by atoms with van der Waals surface area (Å²) in [4.78, 5) is 0.255. The molecule has 3 atom stereocenters. The Bertz CT molecular complexity index is 166. The van der Waals surface area contributed by atoms with Gasteiger partial charge in [0.1, 0.15) is 6.10 Å². The minimum atomic E-state index is -0.177. The fourth-order valence-corrected chi connectivity index (χ4v) is 2.26. The van der Waals surface area contributed by atoms with E-state index in [4.69, 9.17) is 14.6 Å². The van der Waals surface area contributed by atoms with Crippen molar-refractivity contribution >= 4 is 15.9 Å².